The molecule has 3 heterocycles. The standard InChI is InChI=1S/C18H20F3N3O2S/c1-2-12-6-3-4-8-24(12)16(25)11-27-17-22-13(14-7-5-9-26-14)10-15(23-17)18(19,20)21/h5,7,9-10,12H,2-4,6,8,11H2,1H3/t12-/m1/s1. The maximum absolute atomic E-state index is 13.2. The molecule has 9 heteroatoms. The van der Waals surface area contributed by atoms with E-state index in [1.54, 1.807) is 6.07 Å². The van der Waals surface area contributed by atoms with E-state index in [1.807, 2.05) is 11.8 Å². The Morgan fingerprint density at radius 1 is 1.37 bits per heavy atom. The van der Waals surface area contributed by atoms with Crippen LogP contribution in [0.2, 0.25) is 0 Å². The molecule has 0 aromatic carbocycles. The number of amides is 1. The predicted octanol–water partition coefficient (Wildman–Crippen LogP) is 4.64. The molecule has 0 radical (unpaired) electrons. The van der Waals surface area contributed by atoms with Gasteiger partial charge in [-0.15, -0.1) is 0 Å². The van der Waals surface area contributed by atoms with Gasteiger partial charge in [-0.2, -0.15) is 13.2 Å². The molecule has 5 nitrogen and oxygen atoms in total. The van der Waals surface area contributed by atoms with E-state index in [2.05, 4.69) is 9.97 Å². The minimum Gasteiger partial charge on any atom is -0.463 e. The molecule has 0 N–H and O–H groups in total. The van der Waals surface area contributed by atoms with Gasteiger partial charge in [0.25, 0.3) is 0 Å². The Bertz CT molecular complexity index is 781. The molecule has 1 saturated heterocycles. The molecule has 2 aromatic heterocycles. The van der Waals surface area contributed by atoms with Gasteiger partial charge in [-0.05, 0) is 43.9 Å². The van der Waals surface area contributed by atoms with Crippen LogP contribution in [0.15, 0.2) is 34.0 Å². The van der Waals surface area contributed by atoms with Crippen LogP contribution in [0.5, 0.6) is 0 Å². The van der Waals surface area contributed by atoms with E-state index in [-0.39, 0.29) is 34.3 Å². The molecule has 1 fully saturated rings. The van der Waals surface area contributed by atoms with Crippen molar-refractivity contribution in [3.63, 3.8) is 0 Å². The minimum absolute atomic E-state index is 0.00933. The van der Waals surface area contributed by atoms with Gasteiger partial charge in [-0.25, -0.2) is 9.97 Å². The summed E-state index contributed by atoms with van der Waals surface area (Å²) in [6.45, 7) is 2.73. The molecule has 2 aromatic rings. The number of carbonyl (C=O) groups excluding carboxylic acids is 1. The summed E-state index contributed by atoms with van der Waals surface area (Å²) >= 11 is 0.921. The summed E-state index contributed by atoms with van der Waals surface area (Å²) in [4.78, 5) is 22.1. The maximum Gasteiger partial charge on any atom is 0.433 e. The fourth-order valence-electron chi connectivity index (χ4n) is 3.15. The van der Waals surface area contributed by atoms with Crippen LogP contribution in [0.25, 0.3) is 11.5 Å². The van der Waals surface area contributed by atoms with E-state index in [1.165, 1.54) is 12.3 Å². The lowest BCUT2D eigenvalue weighted by molar-refractivity contribution is -0.141. The molecule has 0 bridgehead atoms. The molecule has 3 rings (SSSR count). The highest BCUT2D eigenvalue weighted by Gasteiger charge is 2.34. The number of thioether (sulfide) groups is 1. The number of furan rings is 1. The zero-order valence-corrected chi connectivity index (χ0v) is 15.6. The second-order valence-electron chi connectivity index (χ2n) is 6.33. The third-order valence-electron chi connectivity index (χ3n) is 4.51. The lowest BCUT2D eigenvalue weighted by Gasteiger charge is -2.35. The molecular weight excluding hydrogens is 379 g/mol. The van der Waals surface area contributed by atoms with Gasteiger partial charge < -0.3 is 9.32 Å². The minimum atomic E-state index is -4.61. The van der Waals surface area contributed by atoms with Gasteiger partial charge in [0.15, 0.2) is 10.9 Å². The Kier molecular flexibility index (Phi) is 6.08. The summed E-state index contributed by atoms with van der Waals surface area (Å²) in [5.41, 5.74) is -1.01. The summed E-state index contributed by atoms with van der Waals surface area (Å²) in [5.74, 6) is 0.139. The van der Waals surface area contributed by atoms with Crippen LogP contribution in [0, 0.1) is 0 Å². The fourth-order valence-corrected chi connectivity index (χ4v) is 3.89. The van der Waals surface area contributed by atoms with Crippen molar-refractivity contribution in [2.24, 2.45) is 0 Å². The molecule has 0 spiro atoms. The number of likely N-dealkylation sites (tertiary alicyclic amines) is 1. The van der Waals surface area contributed by atoms with E-state index in [0.29, 0.717) is 6.54 Å². The van der Waals surface area contributed by atoms with Gasteiger partial charge >= 0.3 is 6.18 Å². The zero-order valence-electron chi connectivity index (χ0n) is 14.8. The first-order valence-corrected chi connectivity index (χ1v) is 9.79. The average Bonchev–Trinajstić information content (AvgIpc) is 3.20. The number of hydrogen-bond acceptors (Lipinski definition) is 5. The first-order valence-electron chi connectivity index (χ1n) is 8.81. The summed E-state index contributed by atoms with van der Waals surface area (Å²) in [5, 5.41) is -0.0883. The van der Waals surface area contributed by atoms with Crippen molar-refractivity contribution in [2.75, 3.05) is 12.3 Å². The number of nitrogens with zero attached hydrogens (tertiary/aromatic N) is 3. The monoisotopic (exact) mass is 399 g/mol. The molecule has 27 heavy (non-hydrogen) atoms. The van der Waals surface area contributed by atoms with Gasteiger partial charge in [0.05, 0.1) is 12.0 Å². The first-order chi connectivity index (χ1) is 12.9. The summed E-state index contributed by atoms with van der Waals surface area (Å²) in [6.07, 6.45) is 0.648. The number of rotatable bonds is 5. The van der Waals surface area contributed by atoms with E-state index >= 15 is 0 Å². The zero-order chi connectivity index (χ0) is 19.4. The van der Waals surface area contributed by atoms with Crippen LogP contribution in [0.3, 0.4) is 0 Å². The third kappa shape index (κ3) is 4.82. The number of aromatic nitrogens is 2. The van der Waals surface area contributed by atoms with Crippen molar-refractivity contribution >= 4 is 17.7 Å². The van der Waals surface area contributed by atoms with Crippen LogP contribution in [-0.2, 0) is 11.0 Å². The summed E-state index contributed by atoms with van der Waals surface area (Å²) in [6, 6.07) is 4.15. The molecule has 1 aliphatic rings. The summed E-state index contributed by atoms with van der Waals surface area (Å²) in [7, 11) is 0. The van der Waals surface area contributed by atoms with Gasteiger partial charge in [-0.3, -0.25) is 4.79 Å². The highest BCUT2D eigenvalue weighted by molar-refractivity contribution is 7.99. The molecule has 0 saturated carbocycles. The van der Waals surface area contributed by atoms with Crippen LogP contribution >= 0.6 is 11.8 Å². The van der Waals surface area contributed by atoms with Crippen molar-refractivity contribution in [3.05, 3.63) is 30.2 Å². The number of alkyl halides is 3. The van der Waals surface area contributed by atoms with E-state index in [9.17, 15) is 18.0 Å². The van der Waals surface area contributed by atoms with Gasteiger partial charge in [0.2, 0.25) is 5.91 Å². The van der Waals surface area contributed by atoms with Crippen molar-refractivity contribution in [3.8, 4) is 11.5 Å². The van der Waals surface area contributed by atoms with Crippen molar-refractivity contribution < 1.29 is 22.4 Å². The molecule has 0 aliphatic carbocycles. The lowest BCUT2D eigenvalue weighted by atomic mass is 10.0. The molecule has 1 aliphatic heterocycles. The normalized spacial score (nSPS) is 17.9. The SMILES string of the molecule is CC[C@@H]1CCCCN1C(=O)CSc1nc(-c2ccco2)cc(C(F)(F)F)n1. The van der Waals surface area contributed by atoms with E-state index < -0.39 is 11.9 Å². The predicted molar refractivity (Wildman–Crippen MR) is 95.1 cm³/mol. The Labute approximate surface area is 159 Å². The molecule has 146 valence electrons. The van der Waals surface area contributed by atoms with E-state index in [0.717, 1.165) is 43.5 Å². The second kappa shape index (κ2) is 8.33. The van der Waals surface area contributed by atoms with Gasteiger partial charge in [0, 0.05) is 12.6 Å². The molecule has 1 atom stereocenters. The average molecular weight is 399 g/mol. The topological polar surface area (TPSA) is 59.2 Å². The Balaban J connectivity index is 1.77. The van der Waals surface area contributed by atoms with Crippen LogP contribution in [-0.4, -0.2) is 39.1 Å². The highest BCUT2D eigenvalue weighted by Crippen LogP contribution is 2.32. The first kappa shape index (κ1) is 19.7. The van der Waals surface area contributed by atoms with Crippen molar-refractivity contribution in [1.29, 1.82) is 0 Å². The van der Waals surface area contributed by atoms with E-state index in [4.69, 9.17) is 4.42 Å². The van der Waals surface area contributed by atoms with Gasteiger partial charge in [-0.1, -0.05) is 18.7 Å². The van der Waals surface area contributed by atoms with Gasteiger partial charge in [0.1, 0.15) is 11.4 Å². The van der Waals surface area contributed by atoms with Crippen LogP contribution in [0.1, 0.15) is 38.3 Å². The number of carbonyl (C=O) groups is 1. The van der Waals surface area contributed by atoms with Crippen LogP contribution < -0.4 is 0 Å². The molecule has 0 unspecified atom stereocenters. The Hall–Kier alpha value is -2.03. The summed E-state index contributed by atoms with van der Waals surface area (Å²) < 4.78 is 44.7. The number of hydrogen-bond donors (Lipinski definition) is 0. The van der Waals surface area contributed by atoms with Crippen LogP contribution in [0.4, 0.5) is 13.2 Å². The lowest BCUT2D eigenvalue weighted by Crippen LogP contribution is -2.44. The third-order valence-corrected chi connectivity index (χ3v) is 5.35. The maximum atomic E-state index is 13.2. The smallest absolute Gasteiger partial charge is 0.433 e. The second-order valence-corrected chi connectivity index (χ2v) is 7.27. The Morgan fingerprint density at radius 3 is 2.85 bits per heavy atom. The van der Waals surface area contributed by atoms with Crippen molar-refractivity contribution in [2.45, 2.75) is 50.0 Å². The molecular formula is C18H20F3N3O2S. The molecule has 1 amide bonds. The highest BCUT2D eigenvalue weighted by atomic mass is 32.2. The largest absolute Gasteiger partial charge is 0.463 e. The Morgan fingerprint density at radius 2 is 2.19 bits per heavy atom. The number of piperidine rings is 1. The van der Waals surface area contributed by atoms with Crippen molar-refractivity contribution in [1.82, 2.24) is 14.9 Å². The fraction of sp³-hybridized carbons (Fsp3) is 0.500. The quantitative estimate of drug-likeness (QED) is 0.542. The number of halogens is 3.